The monoisotopic (exact) mass is 183 g/mol. The second-order valence-electron chi connectivity index (χ2n) is 4.09. The fraction of sp³-hybridized carbons (Fsp3) is 0.909. The average molecular weight is 183 g/mol. The Hall–Kier alpha value is -0.530. The normalized spacial score (nSPS) is 16.8. The van der Waals surface area contributed by atoms with Gasteiger partial charge in [0.1, 0.15) is 0 Å². The number of nitrogens with zero attached hydrogens (tertiary/aromatic N) is 1. The number of carbonyl (C=O) groups excluding carboxylic acids is 1. The first-order valence-corrected chi connectivity index (χ1v) is 5.49. The van der Waals surface area contributed by atoms with E-state index in [4.69, 9.17) is 0 Å². The van der Waals surface area contributed by atoms with Crippen molar-refractivity contribution in [2.45, 2.75) is 46.0 Å². The zero-order valence-electron chi connectivity index (χ0n) is 8.88. The van der Waals surface area contributed by atoms with E-state index < -0.39 is 0 Å². The minimum Gasteiger partial charge on any atom is -0.343 e. The molecule has 1 aliphatic rings. The topological polar surface area (TPSA) is 20.3 Å². The maximum absolute atomic E-state index is 11.2. The zero-order chi connectivity index (χ0) is 9.68. The summed E-state index contributed by atoms with van der Waals surface area (Å²) in [4.78, 5) is 13.2. The number of carbonyl (C=O) groups is 1. The van der Waals surface area contributed by atoms with E-state index in [1.54, 1.807) is 6.92 Å². The van der Waals surface area contributed by atoms with Crippen LogP contribution in [0.5, 0.6) is 0 Å². The molecule has 0 heterocycles. The molecule has 0 spiro atoms. The molecule has 1 aliphatic carbocycles. The van der Waals surface area contributed by atoms with Crippen LogP contribution < -0.4 is 0 Å². The largest absolute Gasteiger partial charge is 0.343 e. The lowest BCUT2D eigenvalue weighted by Crippen LogP contribution is -2.32. The lowest BCUT2D eigenvalue weighted by molar-refractivity contribution is -0.129. The molecule has 1 fully saturated rings. The van der Waals surface area contributed by atoms with Crippen LogP contribution in [-0.4, -0.2) is 23.9 Å². The van der Waals surface area contributed by atoms with Crippen LogP contribution in [0.3, 0.4) is 0 Å². The van der Waals surface area contributed by atoms with Crippen LogP contribution in [0.2, 0.25) is 0 Å². The summed E-state index contributed by atoms with van der Waals surface area (Å²) in [6, 6.07) is 0. The maximum atomic E-state index is 11.2. The lowest BCUT2D eigenvalue weighted by Gasteiger charge is -2.28. The minimum atomic E-state index is 0.237. The maximum Gasteiger partial charge on any atom is 0.219 e. The van der Waals surface area contributed by atoms with Crippen molar-refractivity contribution in [2.24, 2.45) is 5.92 Å². The summed E-state index contributed by atoms with van der Waals surface area (Å²) < 4.78 is 0. The van der Waals surface area contributed by atoms with E-state index in [0.717, 1.165) is 25.4 Å². The highest BCUT2D eigenvalue weighted by Gasteiger charge is 2.18. The first-order chi connectivity index (χ1) is 6.24. The fourth-order valence-corrected chi connectivity index (χ4v) is 1.82. The molecular formula is C11H21NO. The molecule has 2 nitrogen and oxygen atoms in total. The molecule has 0 N–H and O–H groups in total. The summed E-state index contributed by atoms with van der Waals surface area (Å²) in [7, 11) is 0. The Labute approximate surface area is 81.3 Å². The molecule has 0 aromatic heterocycles. The van der Waals surface area contributed by atoms with Crippen molar-refractivity contribution in [3.63, 3.8) is 0 Å². The van der Waals surface area contributed by atoms with Crippen molar-refractivity contribution in [3.8, 4) is 0 Å². The lowest BCUT2D eigenvalue weighted by atomic mass is 9.83. The highest BCUT2D eigenvalue weighted by Crippen LogP contribution is 2.29. The number of rotatable bonds is 5. The van der Waals surface area contributed by atoms with Crippen molar-refractivity contribution < 1.29 is 4.79 Å². The van der Waals surface area contributed by atoms with E-state index in [1.165, 1.54) is 25.7 Å². The number of amides is 1. The van der Waals surface area contributed by atoms with Gasteiger partial charge in [-0.2, -0.15) is 0 Å². The summed E-state index contributed by atoms with van der Waals surface area (Å²) >= 11 is 0. The summed E-state index contributed by atoms with van der Waals surface area (Å²) in [5.74, 6) is 1.15. The zero-order valence-corrected chi connectivity index (χ0v) is 8.88. The van der Waals surface area contributed by atoms with Crippen LogP contribution in [0, 0.1) is 5.92 Å². The molecule has 0 atom stereocenters. The Bertz CT molecular complexity index is 163. The second kappa shape index (κ2) is 5.25. The van der Waals surface area contributed by atoms with Crippen molar-refractivity contribution in [1.82, 2.24) is 4.90 Å². The van der Waals surface area contributed by atoms with Gasteiger partial charge >= 0.3 is 0 Å². The predicted octanol–water partition coefficient (Wildman–Crippen LogP) is 2.44. The first-order valence-electron chi connectivity index (χ1n) is 5.49. The van der Waals surface area contributed by atoms with Crippen LogP contribution in [0.1, 0.15) is 46.0 Å². The molecule has 0 radical (unpaired) electrons. The highest BCUT2D eigenvalue weighted by atomic mass is 16.2. The molecule has 0 unspecified atom stereocenters. The van der Waals surface area contributed by atoms with E-state index in [-0.39, 0.29) is 5.91 Å². The van der Waals surface area contributed by atoms with E-state index >= 15 is 0 Å². The third kappa shape index (κ3) is 3.37. The second-order valence-corrected chi connectivity index (χ2v) is 4.09. The molecule has 0 aromatic carbocycles. The van der Waals surface area contributed by atoms with Crippen LogP contribution in [-0.2, 0) is 4.79 Å². The van der Waals surface area contributed by atoms with Gasteiger partial charge in [-0.3, -0.25) is 4.79 Å². The molecule has 1 rings (SSSR count). The van der Waals surface area contributed by atoms with Crippen LogP contribution in [0.4, 0.5) is 0 Å². The quantitative estimate of drug-likeness (QED) is 0.641. The molecule has 2 heteroatoms. The van der Waals surface area contributed by atoms with Gasteiger partial charge in [0, 0.05) is 20.0 Å². The van der Waals surface area contributed by atoms with Gasteiger partial charge in [-0.15, -0.1) is 0 Å². The standard InChI is InChI=1S/C11H21NO/c1-3-8-12(10(2)13)9-7-11-5-4-6-11/h11H,3-9H2,1-2H3. The Morgan fingerprint density at radius 3 is 2.46 bits per heavy atom. The van der Waals surface area contributed by atoms with Crippen molar-refractivity contribution in [3.05, 3.63) is 0 Å². The summed E-state index contributed by atoms with van der Waals surface area (Å²) in [6.45, 7) is 5.71. The van der Waals surface area contributed by atoms with E-state index in [9.17, 15) is 4.79 Å². The van der Waals surface area contributed by atoms with Gasteiger partial charge < -0.3 is 4.90 Å². The van der Waals surface area contributed by atoms with Gasteiger partial charge in [-0.05, 0) is 18.8 Å². The summed E-state index contributed by atoms with van der Waals surface area (Å²) in [5, 5.41) is 0. The van der Waals surface area contributed by atoms with Crippen LogP contribution in [0.25, 0.3) is 0 Å². The molecule has 0 aliphatic heterocycles. The van der Waals surface area contributed by atoms with Crippen molar-refractivity contribution >= 4 is 5.91 Å². The molecular weight excluding hydrogens is 162 g/mol. The van der Waals surface area contributed by atoms with Gasteiger partial charge in [0.25, 0.3) is 0 Å². The smallest absolute Gasteiger partial charge is 0.219 e. The number of hydrogen-bond donors (Lipinski definition) is 0. The van der Waals surface area contributed by atoms with E-state index in [0.29, 0.717) is 0 Å². The third-order valence-corrected chi connectivity index (χ3v) is 2.97. The Balaban J connectivity index is 2.16. The molecule has 13 heavy (non-hydrogen) atoms. The molecule has 1 amide bonds. The Kier molecular flexibility index (Phi) is 4.26. The van der Waals surface area contributed by atoms with Gasteiger partial charge in [0.2, 0.25) is 5.91 Å². The molecule has 0 aromatic rings. The van der Waals surface area contributed by atoms with Gasteiger partial charge in [-0.25, -0.2) is 0 Å². The molecule has 1 saturated carbocycles. The van der Waals surface area contributed by atoms with Gasteiger partial charge in [-0.1, -0.05) is 26.2 Å². The average Bonchev–Trinajstić information content (AvgIpc) is 1.99. The number of hydrogen-bond acceptors (Lipinski definition) is 1. The summed E-state index contributed by atoms with van der Waals surface area (Å²) in [5.41, 5.74) is 0. The molecule has 0 bridgehead atoms. The Morgan fingerprint density at radius 1 is 1.38 bits per heavy atom. The SMILES string of the molecule is CCCN(CCC1CCC1)C(C)=O. The molecule has 76 valence electrons. The minimum absolute atomic E-state index is 0.237. The van der Waals surface area contributed by atoms with Crippen molar-refractivity contribution in [1.29, 1.82) is 0 Å². The van der Waals surface area contributed by atoms with E-state index in [2.05, 4.69) is 6.92 Å². The highest BCUT2D eigenvalue weighted by molar-refractivity contribution is 5.73. The van der Waals surface area contributed by atoms with Crippen LogP contribution >= 0.6 is 0 Å². The third-order valence-electron chi connectivity index (χ3n) is 2.97. The fourth-order valence-electron chi connectivity index (χ4n) is 1.82. The summed E-state index contributed by atoms with van der Waals surface area (Å²) in [6.07, 6.45) is 6.47. The predicted molar refractivity (Wildman–Crippen MR) is 54.5 cm³/mol. The van der Waals surface area contributed by atoms with E-state index in [1.807, 2.05) is 4.90 Å². The Morgan fingerprint density at radius 2 is 2.08 bits per heavy atom. The first kappa shape index (κ1) is 10.6. The van der Waals surface area contributed by atoms with Gasteiger partial charge in [0.05, 0.1) is 0 Å². The van der Waals surface area contributed by atoms with Crippen molar-refractivity contribution in [2.75, 3.05) is 13.1 Å². The van der Waals surface area contributed by atoms with Gasteiger partial charge in [0.15, 0.2) is 0 Å². The van der Waals surface area contributed by atoms with Crippen LogP contribution in [0.15, 0.2) is 0 Å². The molecule has 0 saturated heterocycles.